The number of aliphatic carboxylic acids is 1. The zero-order chi connectivity index (χ0) is 15.7. The Hall–Kier alpha value is -2.55. The Bertz CT molecular complexity index is 800. The van der Waals surface area contributed by atoms with Crippen molar-refractivity contribution in [3.8, 4) is 5.75 Å². The van der Waals surface area contributed by atoms with Crippen LogP contribution in [0.1, 0.15) is 5.56 Å². The highest BCUT2D eigenvalue weighted by Gasteiger charge is 2.27. The fraction of sp³-hybridized carbons (Fsp3) is 0.231. The summed E-state index contributed by atoms with van der Waals surface area (Å²) in [6.45, 7) is 0.0768. The molecule has 0 saturated carbocycles. The van der Waals surface area contributed by atoms with Gasteiger partial charge in [-0.05, 0) is 30.2 Å². The van der Waals surface area contributed by atoms with Gasteiger partial charge in [0, 0.05) is 0 Å². The molecule has 0 bridgehead atoms. The lowest BCUT2D eigenvalue weighted by atomic mass is 9.97. The van der Waals surface area contributed by atoms with E-state index in [1.165, 1.54) is 30.7 Å². The van der Waals surface area contributed by atoms with Crippen molar-refractivity contribution in [3.63, 3.8) is 0 Å². The van der Waals surface area contributed by atoms with E-state index in [1.807, 2.05) is 0 Å². The molecule has 22 heavy (non-hydrogen) atoms. The summed E-state index contributed by atoms with van der Waals surface area (Å²) in [4.78, 5) is 11.0. The van der Waals surface area contributed by atoms with Crippen LogP contribution in [0.3, 0.4) is 0 Å². The van der Waals surface area contributed by atoms with Crippen LogP contribution < -0.4 is 9.46 Å². The van der Waals surface area contributed by atoms with Gasteiger partial charge in [-0.3, -0.25) is 9.52 Å². The molecular formula is C13H12N2O6S. The van der Waals surface area contributed by atoms with Gasteiger partial charge >= 0.3 is 5.97 Å². The number of hydrogen-bond donors (Lipinski definition) is 2. The Balaban J connectivity index is 1.90. The molecule has 0 fully saturated rings. The highest BCUT2D eigenvalue weighted by Crippen LogP contribution is 2.30. The summed E-state index contributed by atoms with van der Waals surface area (Å²) in [5.74, 6) is -1.15. The molecule has 3 rings (SSSR count). The third-order valence-electron chi connectivity index (χ3n) is 3.28. The maximum atomic E-state index is 12.3. The van der Waals surface area contributed by atoms with Crippen molar-refractivity contribution in [1.82, 2.24) is 5.16 Å². The van der Waals surface area contributed by atoms with Crippen molar-refractivity contribution < 1.29 is 27.6 Å². The zero-order valence-corrected chi connectivity index (χ0v) is 12.0. The molecule has 0 amide bonds. The third kappa shape index (κ3) is 2.75. The van der Waals surface area contributed by atoms with Gasteiger partial charge < -0.3 is 14.4 Å². The molecule has 1 aromatic heterocycles. The van der Waals surface area contributed by atoms with Gasteiger partial charge in [-0.15, -0.1) is 0 Å². The van der Waals surface area contributed by atoms with Crippen molar-refractivity contribution in [2.24, 2.45) is 5.92 Å². The number of aromatic nitrogens is 1. The van der Waals surface area contributed by atoms with E-state index < -0.39 is 21.9 Å². The lowest BCUT2D eigenvalue weighted by molar-refractivity contribution is -0.143. The number of fused-ring (bicyclic) bond motifs is 1. The molecule has 0 saturated heterocycles. The molecule has 116 valence electrons. The minimum atomic E-state index is -3.81. The van der Waals surface area contributed by atoms with Crippen LogP contribution in [-0.4, -0.2) is 31.3 Å². The molecule has 1 aromatic carbocycles. The maximum Gasteiger partial charge on any atom is 0.310 e. The summed E-state index contributed by atoms with van der Waals surface area (Å²) in [6, 6.07) is 4.34. The summed E-state index contributed by atoms with van der Waals surface area (Å²) in [5, 5.41) is 12.4. The lowest BCUT2D eigenvalue weighted by Gasteiger charge is -2.23. The second kappa shape index (κ2) is 5.34. The Kier molecular flexibility index (Phi) is 3.49. The maximum absolute atomic E-state index is 12.3. The Morgan fingerprint density at radius 2 is 2.23 bits per heavy atom. The van der Waals surface area contributed by atoms with Crippen LogP contribution >= 0.6 is 0 Å². The van der Waals surface area contributed by atoms with Gasteiger partial charge in [0.2, 0.25) is 0 Å². The van der Waals surface area contributed by atoms with Gasteiger partial charge in [0.05, 0.1) is 17.0 Å². The highest BCUT2D eigenvalue weighted by atomic mass is 32.2. The molecule has 0 radical (unpaired) electrons. The van der Waals surface area contributed by atoms with E-state index in [0.717, 1.165) is 0 Å². The number of sulfonamides is 1. The van der Waals surface area contributed by atoms with Crippen molar-refractivity contribution in [2.75, 3.05) is 11.3 Å². The number of rotatable bonds is 4. The predicted octanol–water partition coefficient (Wildman–Crippen LogP) is 1.11. The Morgan fingerprint density at radius 3 is 2.91 bits per heavy atom. The number of hydrogen-bond acceptors (Lipinski definition) is 6. The highest BCUT2D eigenvalue weighted by molar-refractivity contribution is 7.92. The summed E-state index contributed by atoms with van der Waals surface area (Å²) < 4.78 is 36.8. The first-order chi connectivity index (χ1) is 10.5. The molecule has 0 aliphatic carbocycles. The van der Waals surface area contributed by atoms with Crippen molar-refractivity contribution in [1.29, 1.82) is 0 Å². The first kappa shape index (κ1) is 14.4. The lowest BCUT2D eigenvalue weighted by Crippen LogP contribution is -2.28. The van der Waals surface area contributed by atoms with E-state index in [9.17, 15) is 13.2 Å². The number of ether oxygens (including phenoxy) is 1. The largest absolute Gasteiger partial charge is 0.492 e. The van der Waals surface area contributed by atoms with Crippen LogP contribution in [0.25, 0.3) is 0 Å². The molecule has 8 nitrogen and oxygen atoms in total. The topological polar surface area (TPSA) is 119 Å². The van der Waals surface area contributed by atoms with Crippen LogP contribution in [0.2, 0.25) is 0 Å². The van der Waals surface area contributed by atoms with E-state index in [2.05, 4.69) is 14.4 Å². The minimum absolute atomic E-state index is 0.0158. The normalized spacial score (nSPS) is 17.4. The van der Waals surface area contributed by atoms with E-state index in [0.29, 0.717) is 11.3 Å². The summed E-state index contributed by atoms with van der Waals surface area (Å²) in [7, 11) is -3.81. The molecule has 1 aliphatic heterocycles. The smallest absolute Gasteiger partial charge is 0.310 e. The first-order valence-electron chi connectivity index (χ1n) is 6.36. The van der Waals surface area contributed by atoms with Gasteiger partial charge in [-0.1, -0.05) is 5.16 Å². The van der Waals surface area contributed by atoms with Crippen LogP contribution in [0.4, 0.5) is 5.69 Å². The number of carbonyl (C=O) groups is 1. The standard InChI is InChI=1S/C13H12N2O6S/c16-13(17)9-3-8-4-11(1-2-12(8)20-6-9)22(18,19)15-10-5-14-21-7-10/h1-2,4-5,7,9,15H,3,6H2,(H,16,17). The van der Waals surface area contributed by atoms with Crippen LogP contribution in [-0.2, 0) is 21.2 Å². The van der Waals surface area contributed by atoms with Crippen LogP contribution in [0.5, 0.6) is 5.75 Å². The first-order valence-corrected chi connectivity index (χ1v) is 7.85. The molecule has 1 aliphatic rings. The molecule has 0 spiro atoms. The Morgan fingerprint density at radius 1 is 1.41 bits per heavy atom. The number of carboxylic acid groups (broad SMARTS) is 1. The van der Waals surface area contributed by atoms with Crippen LogP contribution in [0.15, 0.2) is 40.1 Å². The molecule has 1 atom stereocenters. The SMILES string of the molecule is O=C(O)C1COc2ccc(S(=O)(=O)Nc3cnoc3)cc2C1. The minimum Gasteiger partial charge on any atom is -0.492 e. The van der Waals surface area contributed by atoms with Gasteiger partial charge in [0.1, 0.15) is 24.3 Å². The molecule has 2 N–H and O–H groups in total. The number of carboxylic acids is 1. The van der Waals surface area contributed by atoms with Gasteiger partial charge in [0.15, 0.2) is 0 Å². The number of nitrogens with one attached hydrogen (secondary N) is 1. The second-order valence-corrected chi connectivity index (χ2v) is 6.52. The monoisotopic (exact) mass is 324 g/mol. The van der Waals surface area contributed by atoms with Gasteiger partial charge in [-0.2, -0.15) is 0 Å². The quantitative estimate of drug-likeness (QED) is 0.864. The van der Waals surface area contributed by atoms with E-state index in [4.69, 9.17) is 9.84 Å². The average molecular weight is 324 g/mol. The average Bonchev–Trinajstić information content (AvgIpc) is 2.98. The molecule has 1 unspecified atom stereocenters. The van der Waals surface area contributed by atoms with Crippen molar-refractivity contribution >= 4 is 21.7 Å². The second-order valence-electron chi connectivity index (χ2n) is 4.84. The summed E-state index contributed by atoms with van der Waals surface area (Å²) in [6.07, 6.45) is 2.63. The molecular weight excluding hydrogens is 312 g/mol. The summed E-state index contributed by atoms with van der Waals surface area (Å²) >= 11 is 0. The van der Waals surface area contributed by atoms with Crippen molar-refractivity contribution in [3.05, 3.63) is 36.2 Å². The third-order valence-corrected chi connectivity index (χ3v) is 4.66. The predicted molar refractivity (Wildman–Crippen MR) is 74.1 cm³/mol. The zero-order valence-electron chi connectivity index (χ0n) is 11.2. The van der Waals surface area contributed by atoms with Crippen LogP contribution in [0, 0.1) is 5.92 Å². The fourth-order valence-corrected chi connectivity index (χ4v) is 3.24. The van der Waals surface area contributed by atoms with Gasteiger partial charge in [0.25, 0.3) is 10.0 Å². The molecule has 9 heteroatoms. The Labute approximate surface area is 125 Å². The molecule has 2 aromatic rings. The summed E-state index contributed by atoms with van der Waals surface area (Å²) in [5.41, 5.74) is 0.754. The van der Waals surface area contributed by atoms with E-state index in [-0.39, 0.29) is 23.6 Å². The molecule has 2 heterocycles. The van der Waals surface area contributed by atoms with E-state index >= 15 is 0 Å². The fourth-order valence-electron chi connectivity index (χ4n) is 2.17. The number of anilines is 1. The number of benzene rings is 1. The van der Waals surface area contributed by atoms with Gasteiger partial charge in [-0.25, -0.2) is 8.42 Å². The number of nitrogens with zero attached hydrogens (tertiary/aromatic N) is 1. The van der Waals surface area contributed by atoms with E-state index in [1.54, 1.807) is 0 Å². The van der Waals surface area contributed by atoms with Crippen molar-refractivity contribution in [2.45, 2.75) is 11.3 Å².